The summed E-state index contributed by atoms with van der Waals surface area (Å²) < 4.78 is 1.03. The predicted molar refractivity (Wildman–Crippen MR) is 58.0 cm³/mol. The summed E-state index contributed by atoms with van der Waals surface area (Å²) in [5.41, 5.74) is 1.82. The number of carbonyl (C=O) groups excluding carboxylic acids is 1. The third-order valence-corrected chi connectivity index (χ3v) is 2.54. The number of carbonyl (C=O) groups is 1. The highest BCUT2D eigenvalue weighted by atomic mass is 79.9. The number of aldehydes is 1. The van der Waals surface area contributed by atoms with Gasteiger partial charge in [0, 0.05) is 9.89 Å². The van der Waals surface area contributed by atoms with Crippen LogP contribution in [0.25, 0.3) is 0 Å². The molecule has 0 aliphatic carbocycles. The molecule has 1 aromatic rings. The molecule has 0 aliphatic rings. The van der Waals surface area contributed by atoms with Crippen LogP contribution in [0.1, 0.15) is 25.0 Å². The molecule has 2 heteroatoms. The first-order valence-electron chi connectivity index (χ1n) is 4.20. The van der Waals surface area contributed by atoms with Crippen molar-refractivity contribution in [2.24, 2.45) is 0 Å². The summed E-state index contributed by atoms with van der Waals surface area (Å²) >= 11 is 3.42. The molecule has 0 atom stereocenters. The van der Waals surface area contributed by atoms with Gasteiger partial charge in [-0.15, -0.1) is 0 Å². The second kappa shape index (κ2) is 3.62. The number of benzene rings is 1. The van der Waals surface area contributed by atoms with Crippen molar-refractivity contribution in [1.82, 2.24) is 0 Å². The molecule has 0 amide bonds. The summed E-state index contributed by atoms with van der Waals surface area (Å²) in [6.07, 6.45) is 0.980. The quantitative estimate of drug-likeness (QED) is 0.726. The fourth-order valence-electron chi connectivity index (χ4n) is 1.18. The van der Waals surface area contributed by atoms with E-state index >= 15 is 0 Å². The highest BCUT2D eigenvalue weighted by Gasteiger charge is 2.19. The second-order valence-corrected chi connectivity index (χ2v) is 4.77. The van der Waals surface area contributed by atoms with Gasteiger partial charge in [-0.25, -0.2) is 0 Å². The lowest BCUT2D eigenvalue weighted by atomic mass is 9.86. The Labute approximate surface area is 87.3 Å². The Morgan fingerprint density at radius 1 is 1.31 bits per heavy atom. The maximum absolute atomic E-state index is 10.8. The third kappa shape index (κ3) is 2.41. The molecule has 0 aromatic heterocycles. The van der Waals surface area contributed by atoms with E-state index in [2.05, 4.69) is 15.9 Å². The zero-order valence-corrected chi connectivity index (χ0v) is 9.68. The summed E-state index contributed by atoms with van der Waals surface area (Å²) in [6, 6.07) is 6.06. The summed E-state index contributed by atoms with van der Waals surface area (Å²) in [7, 11) is 0. The summed E-state index contributed by atoms with van der Waals surface area (Å²) in [5.74, 6) is 0. The van der Waals surface area contributed by atoms with E-state index in [0.29, 0.717) is 0 Å². The van der Waals surface area contributed by atoms with Gasteiger partial charge in [-0.2, -0.15) is 0 Å². The van der Waals surface area contributed by atoms with E-state index in [1.165, 1.54) is 5.56 Å². The fraction of sp³-hybridized carbons (Fsp3) is 0.364. The van der Waals surface area contributed by atoms with Crippen molar-refractivity contribution < 1.29 is 4.79 Å². The van der Waals surface area contributed by atoms with Gasteiger partial charge >= 0.3 is 0 Å². The van der Waals surface area contributed by atoms with E-state index in [1.807, 2.05) is 39.0 Å². The van der Waals surface area contributed by atoms with E-state index in [-0.39, 0.29) is 0 Å². The molecule has 70 valence electrons. The number of aryl methyl sites for hydroxylation is 1. The molecule has 0 N–H and O–H groups in total. The molecule has 1 nitrogen and oxygen atoms in total. The van der Waals surface area contributed by atoms with Gasteiger partial charge in [0.2, 0.25) is 0 Å². The van der Waals surface area contributed by atoms with Crippen LogP contribution in [0.4, 0.5) is 0 Å². The number of hydrogen-bond donors (Lipinski definition) is 0. The second-order valence-electron chi connectivity index (χ2n) is 3.86. The molecule has 13 heavy (non-hydrogen) atoms. The molecule has 1 aromatic carbocycles. The maximum atomic E-state index is 10.8. The molecule has 0 radical (unpaired) electrons. The predicted octanol–water partition coefficient (Wildman–Crippen LogP) is 3.23. The lowest BCUT2D eigenvalue weighted by Gasteiger charge is -2.18. The Morgan fingerprint density at radius 2 is 1.92 bits per heavy atom. The van der Waals surface area contributed by atoms with E-state index in [0.717, 1.165) is 16.3 Å². The molecule has 0 unspecified atom stereocenters. The van der Waals surface area contributed by atoms with E-state index in [9.17, 15) is 4.79 Å². The Kier molecular flexibility index (Phi) is 2.91. The highest BCUT2D eigenvalue weighted by Crippen LogP contribution is 2.25. The van der Waals surface area contributed by atoms with Crippen LogP contribution in [-0.2, 0) is 10.2 Å². The van der Waals surface area contributed by atoms with Gasteiger partial charge in [0.1, 0.15) is 6.29 Å². The highest BCUT2D eigenvalue weighted by molar-refractivity contribution is 9.10. The lowest BCUT2D eigenvalue weighted by Crippen LogP contribution is -2.18. The monoisotopic (exact) mass is 240 g/mol. The van der Waals surface area contributed by atoms with Crippen LogP contribution < -0.4 is 0 Å². The lowest BCUT2D eigenvalue weighted by molar-refractivity contribution is -0.111. The van der Waals surface area contributed by atoms with Gasteiger partial charge in [0.15, 0.2) is 0 Å². The van der Waals surface area contributed by atoms with E-state index < -0.39 is 5.41 Å². The van der Waals surface area contributed by atoms with Gasteiger partial charge in [-0.3, -0.25) is 0 Å². The smallest absolute Gasteiger partial charge is 0.129 e. The van der Waals surface area contributed by atoms with Gasteiger partial charge in [-0.05, 0) is 44.0 Å². The molecule has 0 fully saturated rings. The maximum Gasteiger partial charge on any atom is 0.129 e. The zero-order valence-electron chi connectivity index (χ0n) is 8.10. The van der Waals surface area contributed by atoms with Crippen molar-refractivity contribution in [3.05, 3.63) is 33.8 Å². The minimum Gasteiger partial charge on any atom is -0.302 e. The molecular weight excluding hydrogens is 228 g/mol. The first kappa shape index (κ1) is 10.5. The van der Waals surface area contributed by atoms with E-state index in [4.69, 9.17) is 0 Å². The molecule has 0 saturated heterocycles. The Morgan fingerprint density at radius 3 is 2.38 bits per heavy atom. The van der Waals surface area contributed by atoms with Crippen LogP contribution >= 0.6 is 15.9 Å². The third-order valence-electron chi connectivity index (χ3n) is 2.08. The first-order valence-corrected chi connectivity index (χ1v) is 4.99. The van der Waals surface area contributed by atoms with Crippen LogP contribution in [0.2, 0.25) is 0 Å². The summed E-state index contributed by atoms with van der Waals surface area (Å²) in [5, 5.41) is 0. The molecule has 0 aliphatic heterocycles. The molecular formula is C11H13BrO. The summed E-state index contributed by atoms with van der Waals surface area (Å²) in [6.45, 7) is 5.86. The van der Waals surface area contributed by atoms with Crippen LogP contribution in [-0.4, -0.2) is 6.29 Å². The minimum absolute atomic E-state index is 0.394. The topological polar surface area (TPSA) is 17.1 Å². The van der Waals surface area contributed by atoms with Gasteiger partial charge in [-0.1, -0.05) is 22.0 Å². The summed E-state index contributed by atoms with van der Waals surface area (Å²) in [4.78, 5) is 10.8. The van der Waals surface area contributed by atoms with Crippen molar-refractivity contribution in [3.8, 4) is 0 Å². The van der Waals surface area contributed by atoms with Crippen LogP contribution in [0.15, 0.2) is 22.7 Å². The van der Waals surface area contributed by atoms with Gasteiger partial charge in [0.05, 0.1) is 0 Å². The van der Waals surface area contributed by atoms with Crippen LogP contribution in [0.3, 0.4) is 0 Å². The Balaban J connectivity index is 3.22. The normalized spacial score (nSPS) is 11.4. The standard InChI is InChI=1S/C11H13BrO/c1-8-4-9(6-10(12)5-8)11(2,3)7-13/h4-7H,1-3H3. The van der Waals surface area contributed by atoms with Crippen molar-refractivity contribution >= 4 is 22.2 Å². The average molecular weight is 241 g/mol. The van der Waals surface area contributed by atoms with Crippen molar-refractivity contribution in [2.75, 3.05) is 0 Å². The first-order chi connectivity index (χ1) is 5.95. The van der Waals surface area contributed by atoms with Crippen molar-refractivity contribution in [2.45, 2.75) is 26.2 Å². The number of rotatable bonds is 2. The van der Waals surface area contributed by atoms with Gasteiger partial charge < -0.3 is 4.79 Å². The van der Waals surface area contributed by atoms with Gasteiger partial charge in [0.25, 0.3) is 0 Å². The molecule has 0 spiro atoms. The molecule has 0 bridgehead atoms. The van der Waals surface area contributed by atoms with Crippen LogP contribution in [0.5, 0.6) is 0 Å². The van der Waals surface area contributed by atoms with E-state index in [1.54, 1.807) is 0 Å². The van der Waals surface area contributed by atoms with Crippen molar-refractivity contribution in [3.63, 3.8) is 0 Å². The zero-order chi connectivity index (χ0) is 10.1. The average Bonchev–Trinajstić information content (AvgIpc) is 2.02. The number of halogens is 1. The molecule has 0 saturated carbocycles. The fourth-order valence-corrected chi connectivity index (χ4v) is 1.78. The number of hydrogen-bond acceptors (Lipinski definition) is 1. The van der Waals surface area contributed by atoms with Crippen LogP contribution in [0, 0.1) is 6.92 Å². The largest absolute Gasteiger partial charge is 0.302 e. The minimum atomic E-state index is -0.394. The Hall–Kier alpha value is -0.630. The Bertz CT molecular complexity index is 309. The SMILES string of the molecule is Cc1cc(Br)cc(C(C)(C)C=O)c1. The molecule has 0 heterocycles. The molecule has 1 rings (SSSR count). The van der Waals surface area contributed by atoms with Crippen molar-refractivity contribution in [1.29, 1.82) is 0 Å².